The number of nitrogens with zero attached hydrogens (tertiary/aromatic N) is 7. The number of benzene rings is 3. The SMILES string of the molecule is CN(C)[C@@H]1CCN(Cc2nnc(Cn3c(SCc4ccc(F)cc4)nc(=O)c4c3CCC4)n2Cc2ccc(-c3ccc(CF)cc3)cc2)C1. The monoisotopic (exact) mass is 681 g/mol. The fourth-order valence-electron chi connectivity index (χ4n) is 6.87. The van der Waals surface area contributed by atoms with E-state index in [-0.39, 0.29) is 11.4 Å². The van der Waals surface area contributed by atoms with Gasteiger partial charge in [0.1, 0.15) is 18.3 Å². The minimum atomic E-state index is -0.470. The van der Waals surface area contributed by atoms with E-state index in [0.717, 1.165) is 83.9 Å². The van der Waals surface area contributed by atoms with Crippen molar-refractivity contribution >= 4 is 11.8 Å². The minimum Gasteiger partial charge on any atom is -0.316 e. The maximum atomic E-state index is 13.6. The third-order valence-electron chi connectivity index (χ3n) is 9.76. The Hall–Kier alpha value is -4.19. The van der Waals surface area contributed by atoms with Gasteiger partial charge in [-0.1, -0.05) is 72.4 Å². The van der Waals surface area contributed by atoms with Crippen molar-refractivity contribution in [2.24, 2.45) is 0 Å². The second-order valence-corrected chi connectivity index (χ2v) is 14.2. The van der Waals surface area contributed by atoms with Crippen molar-refractivity contribution in [3.63, 3.8) is 0 Å². The molecule has 0 N–H and O–H groups in total. The number of rotatable bonds is 12. The highest BCUT2D eigenvalue weighted by Gasteiger charge is 2.27. The Morgan fingerprint density at radius 3 is 2.12 bits per heavy atom. The van der Waals surface area contributed by atoms with E-state index in [9.17, 15) is 13.6 Å². The van der Waals surface area contributed by atoms with Crippen LogP contribution in [0, 0.1) is 5.82 Å². The van der Waals surface area contributed by atoms with Crippen molar-refractivity contribution in [2.45, 2.75) is 68.9 Å². The number of fused-ring (bicyclic) bond motifs is 1. The summed E-state index contributed by atoms with van der Waals surface area (Å²) in [6.07, 6.45) is 3.57. The van der Waals surface area contributed by atoms with Crippen molar-refractivity contribution in [1.29, 1.82) is 0 Å². The first-order chi connectivity index (χ1) is 23.8. The molecule has 0 spiro atoms. The lowest BCUT2D eigenvalue weighted by atomic mass is 10.0. The fraction of sp³-hybridized carbons (Fsp3) is 0.368. The molecule has 11 heteroatoms. The van der Waals surface area contributed by atoms with Crippen LogP contribution in [0.4, 0.5) is 8.78 Å². The van der Waals surface area contributed by atoms with Crippen molar-refractivity contribution < 1.29 is 8.78 Å². The van der Waals surface area contributed by atoms with Gasteiger partial charge in [0.25, 0.3) is 5.56 Å². The Balaban J connectivity index is 1.20. The number of aromatic nitrogens is 5. The zero-order valence-corrected chi connectivity index (χ0v) is 28.8. The van der Waals surface area contributed by atoms with E-state index < -0.39 is 6.67 Å². The van der Waals surface area contributed by atoms with Crippen LogP contribution < -0.4 is 5.56 Å². The highest BCUT2D eigenvalue weighted by Crippen LogP contribution is 2.28. The molecule has 1 aliphatic carbocycles. The van der Waals surface area contributed by atoms with Gasteiger partial charge in [0.2, 0.25) is 0 Å². The van der Waals surface area contributed by atoms with Crippen molar-refractivity contribution in [2.75, 3.05) is 27.2 Å². The first-order valence-electron chi connectivity index (χ1n) is 16.9. The van der Waals surface area contributed by atoms with Crippen molar-refractivity contribution in [3.05, 3.63) is 129 Å². The molecule has 49 heavy (non-hydrogen) atoms. The second-order valence-electron chi connectivity index (χ2n) is 13.3. The number of thioether (sulfide) groups is 1. The molecule has 0 saturated carbocycles. The zero-order chi connectivity index (χ0) is 33.9. The van der Waals surface area contributed by atoms with Gasteiger partial charge in [-0.2, -0.15) is 4.98 Å². The molecule has 0 unspecified atom stereocenters. The summed E-state index contributed by atoms with van der Waals surface area (Å²) < 4.78 is 31.0. The molecular formula is C38H41F2N7OS. The Bertz CT molecular complexity index is 1960. The number of hydrogen-bond acceptors (Lipinski definition) is 7. The number of likely N-dealkylation sites (tertiary alicyclic amines) is 1. The molecular weight excluding hydrogens is 641 g/mol. The van der Waals surface area contributed by atoms with Crippen LogP contribution in [0.1, 0.15) is 52.4 Å². The average molecular weight is 682 g/mol. The normalized spacial score (nSPS) is 16.1. The van der Waals surface area contributed by atoms with Gasteiger partial charge in [-0.25, -0.2) is 8.78 Å². The van der Waals surface area contributed by atoms with Gasteiger partial charge in [-0.05, 0) is 79.7 Å². The van der Waals surface area contributed by atoms with E-state index in [1.807, 2.05) is 24.3 Å². The molecule has 8 nitrogen and oxygen atoms in total. The molecule has 1 aliphatic heterocycles. The van der Waals surface area contributed by atoms with E-state index in [1.54, 1.807) is 12.1 Å². The highest BCUT2D eigenvalue weighted by molar-refractivity contribution is 7.98. The van der Waals surface area contributed by atoms with Gasteiger partial charge in [0, 0.05) is 36.1 Å². The summed E-state index contributed by atoms with van der Waals surface area (Å²) in [5.41, 5.74) is 6.52. The Labute approximate surface area is 289 Å². The molecule has 2 aromatic heterocycles. The Morgan fingerprint density at radius 2 is 1.47 bits per heavy atom. The predicted molar refractivity (Wildman–Crippen MR) is 189 cm³/mol. The van der Waals surface area contributed by atoms with Gasteiger partial charge < -0.3 is 14.0 Å². The lowest BCUT2D eigenvalue weighted by Crippen LogP contribution is -2.31. The van der Waals surface area contributed by atoms with Crippen LogP contribution in [0.3, 0.4) is 0 Å². The summed E-state index contributed by atoms with van der Waals surface area (Å²) in [4.78, 5) is 22.4. The van der Waals surface area contributed by atoms with Crippen LogP contribution >= 0.6 is 11.8 Å². The topological polar surface area (TPSA) is 72.1 Å². The predicted octanol–water partition coefficient (Wildman–Crippen LogP) is 6.12. The number of alkyl halides is 1. The van der Waals surface area contributed by atoms with Crippen LogP contribution in [0.25, 0.3) is 11.1 Å². The number of likely N-dealkylation sites (N-methyl/N-ethyl adjacent to an activating group) is 1. The van der Waals surface area contributed by atoms with Gasteiger partial charge >= 0.3 is 0 Å². The van der Waals surface area contributed by atoms with Crippen LogP contribution in [0.2, 0.25) is 0 Å². The highest BCUT2D eigenvalue weighted by atomic mass is 32.2. The summed E-state index contributed by atoms with van der Waals surface area (Å²) in [7, 11) is 4.27. The van der Waals surface area contributed by atoms with Crippen LogP contribution in [-0.2, 0) is 44.9 Å². The van der Waals surface area contributed by atoms with E-state index >= 15 is 0 Å². The van der Waals surface area contributed by atoms with Gasteiger partial charge in [0.05, 0.1) is 19.6 Å². The van der Waals surface area contributed by atoms with Gasteiger partial charge in [-0.15, -0.1) is 10.2 Å². The van der Waals surface area contributed by atoms with Crippen LogP contribution in [-0.4, -0.2) is 67.3 Å². The first-order valence-corrected chi connectivity index (χ1v) is 17.9. The maximum absolute atomic E-state index is 13.6. The molecule has 0 amide bonds. The summed E-state index contributed by atoms with van der Waals surface area (Å²) in [5.74, 6) is 2.01. The maximum Gasteiger partial charge on any atom is 0.277 e. The van der Waals surface area contributed by atoms with E-state index in [0.29, 0.717) is 42.1 Å². The zero-order valence-electron chi connectivity index (χ0n) is 28.0. The molecule has 1 saturated heterocycles. The first kappa shape index (κ1) is 33.3. The quantitative estimate of drug-likeness (QED) is 0.116. The summed E-state index contributed by atoms with van der Waals surface area (Å²) in [6.45, 7) is 3.24. The van der Waals surface area contributed by atoms with E-state index in [2.05, 4.69) is 62.3 Å². The minimum absolute atomic E-state index is 0.156. The molecule has 254 valence electrons. The van der Waals surface area contributed by atoms with Gasteiger partial charge in [0.15, 0.2) is 11.0 Å². The molecule has 0 bridgehead atoms. The molecule has 3 aromatic carbocycles. The van der Waals surface area contributed by atoms with Crippen molar-refractivity contribution in [3.8, 4) is 11.1 Å². The van der Waals surface area contributed by atoms with Crippen LogP contribution in [0.15, 0.2) is 82.7 Å². The Morgan fingerprint density at radius 1 is 0.816 bits per heavy atom. The Kier molecular flexibility index (Phi) is 10.0. The number of halogens is 2. The largest absolute Gasteiger partial charge is 0.316 e. The molecule has 1 atom stereocenters. The fourth-order valence-corrected chi connectivity index (χ4v) is 7.83. The molecule has 2 aliphatic rings. The molecule has 7 rings (SSSR count). The summed E-state index contributed by atoms with van der Waals surface area (Å²) in [5, 5.41) is 10.2. The van der Waals surface area contributed by atoms with Crippen LogP contribution in [0.5, 0.6) is 0 Å². The third-order valence-corrected chi connectivity index (χ3v) is 10.8. The van der Waals surface area contributed by atoms with Crippen molar-refractivity contribution in [1.82, 2.24) is 34.1 Å². The van der Waals surface area contributed by atoms with Gasteiger partial charge in [-0.3, -0.25) is 9.69 Å². The molecule has 5 aromatic rings. The molecule has 0 radical (unpaired) electrons. The van der Waals surface area contributed by atoms with E-state index in [1.165, 1.54) is 23.9 Å². The third kappa shape index (κ3) is 7.54. The number of hydrogen-bond donors (Lipinski definition) is 0. The lowest BCUT2D eigenvalue weighted by molar-refractivity contribution is 0.259. The summed E-state index contributed by atoms with van der Waals surface area (Å²) >= 11 is 1.49. The van der Waals surface area contributed by atoms with E-state index in [4.69, 9.17) is 10.2 Å². The smallest absolute Gasteiger partial charge is 0.277 e. The molecule has 1 fully saturated rings. The summed E-state index contributed by atoms with van der Waals surface area (Å²) in [6, 6.07) is 23.0. The average Bonchev–Trinajstić information content (AvgIpc) is 3.88. The molecule has 3 heterocycles. The second kappa shape index (κ2) is 14.7. The standard InChI is InChI=1S/C38H41F2N7OS/c1-44(2)32-18-19-45(22-32)23-35-42-43-36(47(35)21-27-8-14-30(15-9-27)29-12-6-26(20-39)7-13-29)24-46-34-5-3-4-33(34)37(48)41-38(46)49-25-28-10-16-31(40)17-11-28/h6-17,32H,3-5,18-25H2,1-2H3/t32-/m1/s1. The lowest BCUT2D eigenvalue weighted by Gasteiger charge is -2.21.